The summed E-state index contributed by atoms with van der Waals surface area (Å²) in [4.78, 5) is 38.5. The number of aldehydes is 1. The van der Waals surface area contributed by atoms with E-state index in [1.807, 2.05) is 89.8 Å². The second-order valence-electron chi connectivity index (χ2n) is 16.0. The smallest absolute Gasteiger partial charge is 0.245 e. The molecule has 21 heteroatoms. The van der Waals surface area contributed by atoms with E-state index in [0.29, 0.717) is 70.3 Å². The number of nitrogen functional groups attached to an aromatic ring is 1. The molecule has 73 heavy (non-hydrogen) atoms. The Balaban J connectivity index is 0.000000162. The highest BCUT2D eigenvalue weighted by Gasteiger charge is 2.19. The number of hydrogen-bond donors (Lipinski definition) is 7. The molecule has 2 aliphatic rings. The van der Waals surface area contributed by atoms with E-state index in [-0.39, 0.29) is 35.0 Å². The molecule has 19 nitrogen and oxygen atoms in total. The van der Waals surface area contributed by atoms with Crippen molar-refractivity contribution in [1.82, 2.24) is 29.9 Å². The molecule has 2 fully saturated rings. The van der Waals surface area contributed by atoms with Crippen molar-refractivity contribution in [2.24, 2.45) is 10.9 Å². The molecule has 8 N–H and O–H groups in total. The summed E-state index contributed by atoms with van der Waals surface area (Å²) in [7, 11) is 0. The van der Waals surface area contributed by atoms with Crippen molar-refractivity contribution in [3.8, 4) is 33.8 Å². The molecule has 8 aromatic rings. The van der Waals surface area contributed by atoms with Gasteiger partial charge in [0.15, 0.2) is 29.6 Å². The van der Waals surface area contributed by atoms with E-state index in [4.69, 9.17) is 15.3 Å². The van der Waals surface area contributed by atoms with Crippen LogP contribution in [-0.2, 0) is 9.47 Å². The number of phenols is 2. The van der Waals surface area contributed by atoms with Crippen LogP contribution in [0.1, 0.15) is 16.2 Å². The first-order valence-electron chi connectivity index (χ1n) is 22.9. The van der Waals surface area contributed by atoms with Gasteiger partial charge in [0, 0.05) is 37.6 Å². The van der Waals surface area contributed by atoms with Gasteiger partial charge in [0.25, 0.3) is 0 Å². The molecule has 2 saturated heterocycles. The van der Waals surface area contributed by atoms with Gasteiger partial charge < -0.3 is 40.1 Å². The van der Waals surface area contributed by atoms with Crippen LogP contribution in [0.4, 0.5) is 55.1 Å². The number of aromatic nitrogens is 6. The van der Waals surface area contributed by atoms with Crippen molar-refractivity contribution >= 4 is 58.8 Å². The van der Waals surface area contributed by atoms with E-state index < -0.39 is 11.6 Å². The number of halogens is 2. The normalized spacial score (nSPS) is 13.2. The second-order valence-corrected chi connectivity index (χ2v) is 16.0. The van der Waals surface area contributed by atoms with Gasteiger partial charge in [-0.05, 0) is 95.1 Å². The van der Waals surface area contributed by atoms with E-state index in [2.05, 4.69) is 56.5 Å². The van der Waals surface area contributed by atoms with E-state index in [1.54, 1.807) is 53.7 Å². The number of ether oxygens (including phenoxy) is 2. The topological polar surface area (TPSA) is 246 Å². The van der Waals surface area contributed by atoms with Crippen LogP contribution < -0.4 is 37.1 Å². The summed E-state index contributed by atoms with van der Waals surface area (Å²) in [6.45, 7) is 4.61. The lowest BCUT2D eigenvalue weighted by molar-refractivity contribution is 0.111. The van der Waals surface area contributed by atoms with Crippen LogP contribution >= 0.6 is 0 Å². The molecule has 0 amide bonds. The first-order valence-corrected chi connectivity index (χ1v) is 22.9. The lowest BCUT2D eigenvalue weighted by Crippen LogP contribution is -2.37. The van der Waals surface area contributed by atoms with Crippen molar-refractivity contribution in [2.75, 3.05) is 83.9 Å². The molecule has 372 valence electrons. The average molecular weight is 989 g/mol. The number of hydrazine groups is 1. The van der Waals surface area contributed by atoms with Gasteiger partial charge in [0.05, 0.1) is 74.5 Å². The third-order valence-electron chi connectivity index (χ3n) is 10.9. The number of nitrogens with two attached hydrogens (primary N) is 1. The molecule has 0 unspecified atom stereocenters. The van der Waals surface area contributed by atoms with Gasteiger partial charge in [-0.3, -0.25) is 20.2 Å². The third kappa shape index (κ3) is 14.4. The summed E-state index contributed by atoms with van der Waals surface area (Å²) in [6, 6.07) is 37.2. The standard InChI is InChI=1S/C26H24FN7O2.C18H14N2O2.C8H12FN5O/c27-24-17-29-26(32-25(24)34-9-11-36-12-10-34)33-30-16-21-7-8-22(15-28-21)31-20-5-1-3-18(13-20)19-4-2-6-23(35)14-19;21-12-17-8-7-16(11-19-17)20-15-5-1-3-13(9-15)14-4-2-6-18(22)10-14;9-6-5-11-8(13-10)12-7(6)14-1-3-15-4-2-14/h1-8,13-17,31,35H,9-12H2,(H,29,32,33);1-12,20,22H;5H,1-4,10H2,(H,11,12,13)/b30-16+;;. The number of morpholine rings is 2. The number of hydrogen-bond acceptors (Lipinski definition) is 19. The zero-order valence-corrected chi connectivity index (χ0v) is 39.1. The summed E-state index contributed by atoms with van der Waals surface area (Å²) in [5.41, 5.74) is 13.3. The van der Waals surface area contributed by atoms with Crippen LogP contribution in [0.15, 0.2) is 151 Å². The third-order valence-corrected chi connectivity index (χ3v) is 10.9. The largest absolute Gasteiger partial charge is 0.508 e. The Hall–Kier alpha value is -9.18. The minimum absolute atomic E-state index is 0.194. The number of nitrogens with one attached hydrogen (secondary N) is 4. The van der Waals surface area contributed by atoms with Crippen molar-refractivity contribution < 1.29 is 33.3 Å². The van der Waals surface area contributed by atoms with Crippen molar-refractivity contribution in [1.29, 1.82) is 0 Å². The molecule has 0 bridgehead atoms. The molecule has 0 atom stereocenters. The number of aromatic hydroxyl groups is 2. The van der Waals surface area contributed by atoms with Gasteiger partial charge in [0.2, 0.25) is 11.9 Å². The maximum Gasteiger partial charge on any atom is 0.245 e. The van der Waals surface area contributed by atoms with Gasteiger partial charge in [-0.1, -0.05) is 48.5 Å². The molecule has 4 aromatic heterocycles. The fourth-order valence-corrected chi connectivity index (χ4v) is 7.35. The number of pyridine rings is 2. The second kappa shape index (κ2) is 25.1. The quantitative estimate of drug-likeness (QED) is 0.0249. The van der Waals surface area contributed by atoms with Crippen molar-refractivity contribution in [2.45, 2.75) is 0 Å². The lowest BCUT2D eigenvalue weighted by atomic mass is 10.0. The van der Waals surface area contributed by atoms with Gasteiger partial charge in [-0.25, -0.2) is 30.0 Å². The summed E-state index contributed by atoms with van der Waals surface area (Å²) in [5, 5.41) is 30.0. The Morgan fingerprint density at radius 1 is 0.548 bits per heavy atom. The Morgan fingerprint density at radius 2 is 1.00 bits per heavy atom. The minimum Gasteiger partial charge on any atom is -0.508 e. The Kier molecular flexibility index (Phi) is 17.3. The number of rotatable bonds is 13. The molecule has 0 aliphatic carbocycles. The molecule has 2 aliphatic heterocycles. The van der Waals surface area contributed by atoms with Gasteiger partial charge in [-0.15, -0.1) is 0 Å². The van der Waals surface area contributed by atoms with Crippen LogP contribution in [0.25, 0.3) is 22.3 Å². The molecular weight excluding hydrogens is 939 g/mol. The number of benzene rings is 4. The first-order chi connectivity index (χ1) is 35.7. The SMILES string of the molecule is NNc1ncc(F)c(N2CCOCC2)n1.O=Cc1ccc(Nc2cccc(-c3cccc(O)c3)c2)cn1.Oc1cccc(-c2cccc(Nc3ccc(/C=N/Nc4ncc(F)c(N5CCOCC5)n4)nc3)c2)c1. The molecule has 4 aromatic carbocycles. The summed E-state index contributed by atoms with van der Waals surface area (Å²) < 4.78 is 38.1. The number of carbonyl (C=O) groups excluding carboxylic acids is 1. The monoisotopic (exact) mass is 988 g/mol. The Bertz CT molecular complexity index is 3110. The number of anilines is 8. The van der Waals surface area contributed by atoms with Crippen LogP contribution in [0.5, 0.6) is 11.5 Å². The van der Waals surface area contributed by atoms with Crippen LogP contribution in [-0.4, -0.2) is 105 Å². The Labute approximate surface area is 418 Å². The van der Waals surface area contributed by atoms with E-state index >= 15 is 0 Å². The highest BCUT2D eigenvalue weighted by Crippen LogP contribution is 2.29. The van der Waals surface area contributed by atoms with E-state index in [9.17, 15) is 23.8 Å². The average Bonchev–Trinajstić information content (AvgIpc) is 3.43. The Morgan fingerprint density at radius 3 is 1.45 bits per heavy atom. The van der Waals surface area contributed by atoms with Gasteiger partial charge >= 0.3 is 0 Å². The summed E-state index contributed by atoms with van der Waals surface area (Å²) in [6.07, 6.45) is 7.80. The number of hydrazone groups is 1. The molecular formula is C52H50F2N14O5. The summed E-state index contributed by atoms with van der Waals surface area (Å²) in [5.74, 6) is 5.59. The van der Waals surface area contributed by atoms with Crippen LogP contribution in [0, 0.1) is 11.6 Å². The predicted molar refractivity (Wildman–Crippen MR) is 277 cm³/mol. The summed E-state index contributed by atoms with van der Waals surface area (Å²) >= 11 is 0. The maximum absolute atomic E-state index is 14.2. The van der Waals surface area contributed by atoms with E-state index in [0.717, 1.165) is 57.4 Å². The van der Waals surface area contributed by atoms with Gasteiger partial charge in [0.1, 0.15) is 17.2 Å². The number of nitrogens with zero attached hydrogens (tertiary/aromatic N) is 9. The number of carbonyl (C=O) groups is 1. The highest BCUT2D eigenvalue weighted by atomic mass is 19.1. The van der Waals surface area contributed by atoms with Gasteiger partial charge in [-0.2, -0.15) is 15.1 Å². The van der Waals surface area contributed by atoms with Crippen molar-refractivity contribution in [3.63, 3.8) is 0 Å². The molecule has 0 spiro atoms. The molecule has 10 rings (SSSR count). The van der Waals surface area contributed by atoms with Crippen LogP contribution in [0.2, 0.25) is 0 Å². The lowest BCUT2D eigenvalue weighted by Gasteiger charge is -2.27. The maximum atomic E-state index is 14.2. The zero-order chi connectivity index (χ0) is 50.8. The van der Waals surface area contributed by atoms with E-state index in [1.165, 1.54) is 6.21 Å². The molecule has 6 heterocycles. The fourth-order valence-electron chi connectivity index (χ4n) is 7.35. The van der Waals surface area contributed by atoms with Crippen LogP contribution in [0.3, 0.4) is 0 Å². The minimum atomic E-state index is -0.483. The molecule has 0 radical (unpaired) electrons. The molecule has 0 saturated carbocycles. The first kappa shape index (κ1) is 50.2. The van der Waals surface area contributed by atoms with Crippen molar-refractivity contribution in [3.05, 3.63) is 169 Å². The highest BCUT2D eigenvalue weighted by molar-refractivity contribution is 5.79. The predicted octanol–water partition coefficient (Wildman–Crippen LogP) is 8.16. The zero-order valence-electron chi connectivity index (χ0n) is 39.1. The fraction of sp³-hybridized carbons (Fsp3) is 0.154. The number of phenolic OH excluding ortho intramolecular Hbond substituents is 2.